The van der Waals surface area contributed by atoms with Gasteiger partial charge in [0.15, 0.2) is 0 Å². The Morgan fingerprint density at radius 1 is 1.18 bits per heavy atom. The Labute approximate surface area is 119 Å². The highest BCUT2D eigenvalue weighted by atomic mass is 127. The fourth-order valence-electron chi connectivity index (χ4n) is 1.39. The van der Waals surface area contributed by atoms with Crippen LogP contribution in [0.5, 0.6) is 5.75 Å². The van der Waals surface area contributed by atoms with E-state index in [1.165, 1.54) is 0 Å². The molecule has 0 atom stereocenters. The lowest BCUT2D eigenvalue weighted by Crippen LogP contribution is -1.98. The second-order valence-electron chi connectivity index (χ2n) is 3.58. The average molecular weight is 360 g/mol. The van der Waals surface area contributed by atoms with Crippen LogP contribution >= 0.6 is 34.2 Å². The van der Waals surface area contributed by atoms with Gasteiger partial charge in [0.1, 0.15) is 12.4 Å². The first-order valence-electron chi connectivity index (χ1n) is 5.08. The number of anilines is 1. The van der Waals surface area contributed by atoms with Gasteiger partial charge in [0, 0.05) is 15.3 Å². The summed E-state index contributed by atoms with van der Waals surface area (Å²) < 4.78 is 6.57. The molecule has 2 aromatic carbocycles. The van der Waals surface area contributed by atoms with Crippen LogP contribution in [0.15, 0.2) is 42.5 Å². The summed E-state index contributed by atoms with van der Waals surface area (Å²) in [5.74, 6) is 0.619. The number of rotatable bonds is 3. The lowest BCUT2D eigenvalue weighted by molar-refractivity contribution is 0.306. The Morgan fingerprint density at radius 2 is 1.88 bits per heavy atom. The first-order chi connectivity index (χ1) is 8.16. The first kappa shape index (κ1) is 12.5. The standard InChI is InChI=1S/C13H11ClINO/c14-10-6-11(15)12(16)7-13(10)17-8-9-4-2-1-3-5-9/h1-7H,8,16H2. The minimum atomic E-state index is 0.487. The van der Waals surface area contributed by atoms with Gasteiger partial charge in [0.25, 0.3) is 0 Å². The summed E-state index contributed by atoms with van der Waals surface area (Å²) in [6.07, 6.45) is 0. The molecule has 2 nitrogen and oxygen atoms in total. The molecule has 0 heterocycles. The van der Waals surface area contributed by atoms with Gasteiger partial charge in [-0.15, -0.1) is 0 Å². The van der Waals surface area contributed by atoms with Gasteiger partial charge < -0.3 is 10.5 Å². The van der Waals surface area contributed by atoms with Crippen LogP contribution in [0.4, 0.5) is 5.69 Å². The molecule has 0 fully saturated rings. The van der Waals surface area contributed by atoms with E-state index < -0.39 is 0 Å². The molecule has 0 aliphatic rings. The molecule has 0 aliphatic heterocycles. The van der Waals surface area contributed by atoms with Crippen molar-refractivity contribution in [2.45, 2.75) is 6.61 Å². The molecule has 0 radical (unpaired) electrons. The van der Waals surface area contributed by atoms with E-state index >= 15 is 0 Å². The summed E-state index contributed by atoms with van der Waals surface area (Å²) in [5.41, 5.74) is 7.59. The summed E-state index contributed by atoms with van der Waals surface area (Å²) in [5, 5.41) is 0.583. The van der Waals surface area contributed by atoms with Gasteiger partial charge in [-0.1, -0.05) is 41.9 Å². The maximum absolute atomic E-state index is 6.08. The lowest BCUT2D eigenvalue weighted by atomic mass is 10.2. The Bertz CT molecular complexity index is 516. The van der Waals surface area contributed by atoms with Crippen LogP contribution in [-0.2, 0) is 6.61 Å². The quantitative estimate of drug-likeness (QED) is 0.661. The molecule has 17 heavy (non-hydrogen) atoms. The maximum atomic E-state index is 6.08. The van der Waals surface area contributed by atoms with Gasteiger partial charge in [0.05, 0.1) is 5.02 Å². The van der Waals surface area contributed by atoms with Crippen LogP contribution in [0.25, 0.3) is 0 Å². The van der Waals surface area contributed by atoms with Crippen molar-refractivity contribution in [3.63, 3.8) is 0 Å². The van der Waals surface area contributed by atoms with E-state index in [-0.39, 0.29) is 0 Å². The van der Waals surface area contributed by atoms with Crippen LogP contribution in [0, 0.1) is 3.57 Å². The van der Waals surface area contributed by atoms with E-state index in [2.05, 4.69) is 22.6 Å². The van der Waals surface area contributed by atoms with Gasteiger partial charge in [0.2, 0.25) is 0 Å². The van der Waals surface area contributed by atoms with E-state index in [0.29, 0.717) is 23.1 Å². The molecule has 2 N–H and O–H groups in total. The van der Waals surface area contributed by atoms with E-state index in [1.807, 2.05) is 30.3 Å². The summed E-state index contributed by atoms with van der Waals surface area (Å²) in [6, 6.07) is 13.5. The number of halogens is 2. The number of hydrogen-bond donors (Lipinski definition) is 1. The number of nitrogens with two attached hydrogens (primary N) is 1. The third-order valence-corrected chi connectivity index (χ3v) is 3.52. The minimum Gasteiger partial charge on any atom is -0.487 e. The fourth-order valence-corrected chi connectivity index (χ4v) is 2.26. The van der Waals surface area contributed by atoms with Crippen LogP contribution in [0.2, 0.25) is 5.02 Å². The average Bonchev–Trinajstić information content (AvgIpc) is 2.33. The zero-order valence-corrected chi connectivity index (χ0v) is 11.9. The van der Waals surface area contributed by atoms with E-state index in [9.17, 15) is 0 Å². The predicted octanol–water partition coefficient (Wildman–Crippen LogP) is 4.11. The van der Waals surface area contributed by atoms with E-state index in [1.54, 1.807) is 12.1 Å². The van der Waals surface area contributed by atoms with Crippen molar-refractivity contribution >= 4 is 39.9 Å². The Balaban J connectivity index is 2.12. The molecule has 0 saturated carbocycles. The van der Waals surface area contributed by atoms with Crippen molar-refractivity contribution < 1.29 is 4.74 Å². The van der Waals surface area contributed by atoms with Gasteiger partial charge in [-0.05, 0) is 34.2 Å². The molecule has 0 aliphatic carbocycles. The van der Waals surface area contributed by atoms with Crippen molar-refractivity contribution in [3.05, 3.63) is 56.6 Å². The molecule has 0 amide bonds. The monoisotopic (exact) mass is 359 g/mol. The predicted molar refractivity (Wildman–Crippen MR) is 79.4 cm³/mol. The normalized spacial score (nSPS) is 10.2. The molecule has 2 aromatic rings. The highest BCUT2D eigenvalue weighted by Crippen LogP contribution is 2.31. The highest BCUT2D eigenvalue weighted by molar-refractivity contribution is 14.1. The number of benzene rings is 2. The summed E-state index contributed by atoms with van der Waals surface area (Å²) in [6.45, 7) is 0.487. The van der Waals surface area contributed by atoms with Crippen molar-refractivity contribution in [1.29, 1.82) is 0 Å². The van der Waals surface area contributed by atoms with Gasteiger partial charge >= 0.3 is 0 Å². The maximum Gasteiger partial charge on any atom is 0.140 e. The fraction of sp³-hybridized carbons (Fsp3) is 0.0769. The molecule has 0 aromatic heterocycles. The zero-order valence-electron chi connectivity index (χ0n) is 8.99. The zero-order chi connectivity index (χ0) is 12.3. The second kappa shape index (κ2) is 5.60. The molecule has 0 bridgehead atoms. The van der Waals surface area contributed by atoms with E-state index in [4.69, 9.17) is 22.1 Å². The largest absolute Gasteiger partial charge is 0.487 e. The molecule has 88 valence electrons. The molecule has 0 spiro atoms. The molecule has 4 heteroatoms. The second-order valence-corrected chi connectivity index (χ2v) is 5.15. The van der Waals surface area contributed by atoms with Gasteiger partial charge in [-0.25, -0.2) is 0 Å². The van der Waals surface area contributed by atoms with Crippen LogP contribution in [0.1, 0.15) is 5.56 Å². The van der Waals surface area contributed by atoms with Crippen LogP contribution < -0.4 is 10.5 Å². The van der Waals surface area contributed by atoms with Gasteiger partial charge in [-0.3, -0.25) is 0 Å². The summed E-state index contributed by atoms with van der Waals surface area (Å²) in [4.78, 5) is 0. The Hall–Kier alpha value is -0.940. The number of hydrogen-bond acceptors (Lipinski definition) is 2. The Kier molecular flexibility index (Phi) is 4.12. The molecule has 0 saturated heterocycles. The van der Waals surface area contributed by atoms with Crippen molar-refractivity contribution in [1.82, 2.24) is 0 Å². The molecule has 0 unspecified atom stereocenters. The SMILES string of the molecule is Nc1cc(OCc2ccccc2)c(Cl)cc1I. The first-order valence-corrected chi connectivity index (χ1v) is 6.54. The molecular formula is C13H11ClINO. The number of ether oxygens (including phenoxy) is 1. The third kappa shape index (κ3) is 3.26. The van der Waals surface area contributed by atoms with Crippen molar-refractivity contribution in [2.24, 2.45) is 0 Å². The highest BCUT2D eigenvalue weighted by Gasteiger charge is 2.06. The van der Waals surface area contributed by atoms with Crippen LogP contribution in [0.3, 0.4) is 0 Å². The lowest BCUT2D eigenvalue weighted by Gasteiger charge is -2.09. The minimum absolute atomic E-state index is 0.487. The van der Waals surface area contributed by atoms with Crippen molar-refractivity contribution in [3.8, 4) is 5.75 Å². The number of nitrogen functional groups attached to an aromatic ring is 1. The van der Waals surface area contributed by atoms with E-state index in [0.717, 1.165) is 9.13 Å². The van der Waals surface area contributed by atoms with Crippen LogP contribution in [-0.4, -0.2) is 0 Å². The Morgan fingerprint density at radius 3 is 2.59 bits per heavy atom. The summed E-state index contributed by atoms with van der Waals surface area (Å²) >= 11 is 8.22. The van der Waals surface area contributed by atoms with Crippen molar-refractivity contribution in [2.75, 3.05) is 5.73 Å². The molecular weight excluding hydrogens is 349 g/mol. The topological polar surface area (TPSA) is 35.2 Å². The van der Waals surface area contributed by atoms with Gasteiger partial charge in [-0.2, -0.15) is 0 Å². The molecule has 2 rings (SSSR count). The smallest absolute Gasteiger partial charge is 0.140 e. The third-order valence-electron chi connectivity index (χ3n) is 2.29. The summed E-state index contributed by atoms with van der Waals surface area (Å²) in [7, 11) is 0.